The summed E-state index contributed by atoms with van der Waals surface area (Å²) in [6.45, 7) is 4.35. The van der Waals surface area contributed by atoms with Gasteiger partial charge in [0.05, 0.1) is 5.70 Å². The number of nitrogens with zero attached hydrogens (tertiary/aromatic N) is 2. The lowest BCUT2D eigenvalue weighted by Crippen LogP contribution is -2.23. The topological polar surface area (TPSA) is 35.8 Å². The maximum atomic E-state index is 10.3. The Hall–Kier alpha value is -3.03. The molecule has 3 nitrogen and oxygen atoms in total. The number of hydrogen-bond donors (Lipinski definition) is 1. The van der Waals surface area contributed by atoms with Crippen molar-refractivity contribution in [1.29, 1.82) is 0 Å². The van der Waals surface area contributed by atoms with Crippen LogP contribution in [0.1, 0.15) is 19.4 Å². The number of aliphatic imine (C=N–C) groups is 1. The average Bonchev–Trinajstić information content (AvgIpc) is 2.81. The molecule has 25 heavy (non-hydrogen) atoms. The molecular weight excluding hydrogens is 308 g/mol. The van der Waals surface area contributed by atoms with Gasteiger partial charge in [-0.25, -0.2) is 0 Å². The van der Waals surface area contributed by atoms with Gasteiger partial charge in [0.2, 0.25) is 0 Å². The SMILES string of the molecule is CN1C(=C=Nc2c(O)ccc3ccccc23)C(C)(C)c2ccccc21. The van der Waals surface area contributed by atoms with Crippen LogP contribution in [0.25, 0.3) is 10.8 Å². The molecule has 0 amide bonds. The predicted octanol–water partition coefficient (Wildman–Crippen LogP) is 5.16. The number of fused-ring (bicyclic) bond motifs is 2. The molecule has 0 saturated carbocycles. The van der Waals surface area contributed by atoms with Crippen molar-refractivity contribution in [2.75, 3.05) is 11.9 Å². The Labute approximate surface area is 147 Å². The molecular formula is C22H20N2O. The van der Waals surface area contributed by atoms with Crippen LogP contribution in [-0.2, 0) is 5.41 Å². The number of hydrogen-bond acceptors (Lipinski definition) is 3. The third-order valence-electron chi connectivity index (χ3n) is 5.02. The molecule has 1 aliphatic rings. The lowest BCUT2D eigenvalue weighted by molar-refractivity contribution is 0.477. The molecule has 0 bridgehead atoms. The highest BCUT2D eigenvalue weighted by Gasteiger charge is 2.38. The highest BCUT2D eigenvalue weighted by molar-refractivity contribution is 5.96. The zero-order chi connectivity index (χ0) is 17.6. The van der Waals surface area contributed by atoms with E-state index in [4.69, 9.17) is 0 Å². The summed E-state index contributed by atoms with van der Waals surface area (Å²) in [6, 6.07) is 19.9. The van der Waals surface area contributed by atoms with Crippen molar-refractivity contribution in [3.05, 3.63) is 71.9 Å². The van der Waals surface area contributed by atoms with Crippen LogP contribution in [-0.4, -0.2) is 18.0 Å². The monoisotopic (exact) mass is 328 g/mol. The molecule has 0 aliphatic carbocycles. The number of para-hydroxylation sites is 1. The van der Waals surface area contributed by atoms with E-state index < -0.39 is 0 Å². The van der Waals surface area contributed by atoms with E-state index in [1.165, 1.54) is 11.3 Å². The Bertz CT molecular complexity index is 1040. The molecule has 3 aromatic rings. The van der Waals surface area contributed by atoms with E-state index >= 15 is 0 Å². The molecule has 3 heteroatoms. The largest absolute Gasteiger partial charge is 0.506 e. The van der Waals surface area contributed by atoms with Crippen molar-refractivity contribution in [2.24, 2.45) is 4.99 Å². The van der Waals surface area contributed by atoms with E-state index in [2.05, 4.69) is 47.8 Å². The molecule has 1 N–H and O–H groups in total. The lowest BCUT2D eigenvalue weighted by Gasteiger charge is -2.21. The van der Waals surface area contributed by atoms with Crippen LogP contribution in [0.2, 0.25) is 0 Å². The number of phenols is 1. The lowest BCUT2D eigenvalue weighted by atomic mass is 9.84. The number of allylic oxidation sites excluding steroid dienone is 1. The van der Waals surface area contributed by atoms with Gasteiger partial charge >= 0.3 is 0 Å². The van der Waals surface area contributed by atoms with E-state index in [0.29, 0.717) is 5.69 Å². The summed E-state index contributed by atoms with van der Waals surface area (Å²) in [4.78, 5) is 6.69. The minimum absolute atomic E-state index is 0.169. The van der Waals surface area contributed by atoms with Crippen LogP contribution in [0.4, 0.5) is 11.4 Å². The van der Waals surface area contributed by atoms with E-state index in [1.54, 1.807) is 6.07 Å². The van der Waals surface area contributed by atoms with Gasteiger partial charge in [-0.15, -0.1) is 0 Å². The maximum absolute atomic E-state index is 10.3. The number of benzene rings is 3. The van der Waals surface area contributed by atoms with E-state index in [0.717, 1.165) is 16.5 Å². The van der Waals surface area contributed by atoms with Gasteiger partial charge in [0.15, 0.2) is 0 Å². The first-order valence-electron chi connectivity index (χ1n) is 8.38. The zero-order valence-electron chi connectivity index (χ0n) is 14.6. The van der Waals surface area contributed by atoms with Gasteiger partial charge < -0.3 is 10.0 Å². The fraction of sp³-hybridized carbons (Fsp3) is 0.182. The first-order chi connectivity index (χ1) is 12.0. The molecule has 0 saturated heterocycles. The zero-order valence-corrected chi connectivity index (χ0v) is 14.6. The summed E-state index contributed by atoms with van der Waals surface area (Å²) in [7, 11) is 2.04. The maximum Gasteiger partial charge on any atom is 0.142 e. The normalized spacial score (nSPS) is 15.2. The molecule has 0 spiro atoms. The first kappa shape index (κ1) is 15.5. The number of aromatic hydroxyl groups is 1. The van der Waals surface area contributed by atoms with Crippen LogP contribution in [0.5, 0.6) is 5.75 Å². The van der Waals surface area contributed by atoms with Crippen LogP contribution in [0.3, 0.4) is 0 Å². The fourth-order valence-corrected chi connectivity index (χ4v) is 3.65. The molecule has 0 radical (unpaired) electrons. The Morgan fingerprint density at radius 2 is 1.68 bits per heavy atom. The van der Waals surface area contributed by atoms with Gasteiger partial charge in [-0.1, -0.05) is 48.5 Å². The Morgan fingerprint density at radius 1 is 0.960 bits per heavy atom. The van der Waals surface area contributed by atoms with E-state index in [1.807, 2.05) is 43.4 Å². The predicted molar refractivity (Wildman–Crippen MR) is 104 cm³/mol. The highest BCUT2D eigenvalue weighted by Crippen LogP contribution is 2.45. The number of phenolic OH excluding ortho intramolecular Hbond substituents is 1. The van der Waals surface area contributed by atoms with E-state index in [-0.39, 0.29) is 11.2 Å². The molecule has 1 heterocycles. The van der Waals surface area contributed by atoms with Crippen molar-refractivity contribution in [3.8, 4) is 5.75 Å². The molecule has 1 aliphatic heterocycles. The molecule has 124 valence electrons. The number of likely N-dealkylation sites (N-methyl/N-ethyl adjacent to an activating group) is 1. The van der Waals surface area contributed by atoms with Gasteiger partial charge in [0.25, 0.3) is 0 Å². The fourth-order valence-electron chi connectivity index (χ4n) is 3.65. The second-order valence-electron chi connectivity index (χ2n) is 6.93. The van der Waals surface area contributed by atoms with Crippen molar-refractivity contribution in [2.45, 2.75) is 19.3 Å². The summed E-state index contributed by atoms with van der Waals surface area (Å²) >= 11 is 0. The minimum atomic E-state index is -0.185. The quantitative estimate of drug-likeness (QED) is 0.626. The smallest absolute Gasteiger partial charge is 0.142 e. The molecule has 0 aromatic heterocycles. The second-order valence-corrected chi connectivity index (χ2v) is 6.93. The van der Waals surface area contributed by atoms with Crippen LogP contribution in [0, 0.1) is 0 Å². The minimum Gasteiger partial charge on any atom is -0.506 e. The first-order valence-corrected chi connectivity index (χ1v) is 8.38. The molecule has 0 atom stereocenters. The summed E-state index contributed by atoms with van der Waals surface area (Å²) < 4.78 is 0. The third-order valence-corrected chi connectivity index (χ3v) is 5.02. The van der Waals surface area contributed by atoms with Crippen molar-refractivity contribution >= 4 is 28.0 Å². The highest BCUT2D eigenvalue weighted by atomic mass is 16.3. The molecule has 0 fully saturated rings. The van der Waals surface area contributed by atoms with Crippen molar-refractivity contribution < 1.29 is 5.11 Å². The van der Waals surface area contributed by atoms with Gasteiger partial charge in [-0.2, -0.15) is 4.99 Å². The molecule has 4 rings (SSSR count). The third kappa shape index (κ3) is 2.33. The van der Waals surface area contributed by atoms with E-state index in [9.17, 15) is 5.11 Å². The van der Waals surface area contributed by atoms with Gasteiger partial charge in [-0.05, 0) is 36.9 Å². The van der Waals surface area contributed by atoms with Gasteiger partial charge in [-0.3, -0.25) is 0 Å². The Morgan fingerprint density at radius 3 is 2.48 bits per heavy atom. The Kier molecular flexibility index (Phi) is 3.41. The van der Waals surface area contributed by atoms with Crippen LogP contribution < -0.4 is 4.90 Å². The van der Waals surface area contributed by atoms with Crippen molar-refractivity contribution in [3.63, 3.8) is 0 Å². The van der Waals surface area contributed by atoms with Gasteiger partial charge in [0, 0.05) is 29.4 Å². The average molecular weight is 328 g/mol. The number of anilines is 1. The summed E-state index contributed by atoms with van der Waals surface area (Å²) in [5, 5.41) is 12.3. The summed E-state index contributed by atoms with van der Waals surface area (Å²) in [5.41, 5.74) is 3.80. The van der Waals surface area contributed by atoms with Crippen molar-refractivity contribution in [1.82, 2.24) is 0 Å². The van der Waals surface area contributed by atoms with Crippen LogP contribution >= 0.6 is 0 Å². The second kappa shape index (κ2) is 5.51. The summed E-state index contributed by atoms with van der Waals surface area (Å²) in [6.07, 6.45) is 0. The number of rotatable bonds is 1. The van der Waals surface area contributed by atoms with Gasteiger partial charge in [0.1, 0.15) is 11.4 Å². The van der Waals surface area contributed by atoms with Crippen LogP contribution in [0.15, 0.2) is 71.4 Å². The Balaban J connectivity index is 1.92. The molecule has 0 unspecified atom stereocenters. The molecule has 3 aromatic carbocycles. The summed E-state index contributed by atoms with van der Waals surface area (Å²) in [5.74, 6) is 3.39. The standard InChI is InChI=1S/C22H20N2O/c1-22(2)17-10-6-7-11-18(17)24(3)20(22)14-23-21-16-9-5-4-8-15(16)12-13-19(21)25/h4-13,25H,1-3H3.